The van der Waals surface area contributed by atoms with E-state index in [2.05, 4.69) is 4.99 Å². The van der Waals surface area contributed by atoms with E-state index in [1.807, 2.05) is 10.9 Å². The van der Waals surface area contributed by atoms with Gasteiger partial charge in [-0.2, -0.15) is 13.2 Å². The van der Waals surface area contributed by atoms with E-state index in [4.69, 9.17) is 17.3 Å². The van der Waals surface area contributed by atoms with Crippen LogP contribution >= 0.6 is 22.9 Å². The SMILES string of the molecule is NC=C(C(=O)NNC(=O)c1cccs1)C(=Nc1ccc(Cl)cc1)C(F)(F)F. The number of halogens is 4. The molecule has 0 bridgehead atoms. The minimum atomic E-state index is -4.97. The van der Waals surface area contributed by atoms with Gasteiger partial charge >= 0.3 is 6.18 Å². The van der Waals surface area contributed by atoms with Crippen LogP contribution in [0.4, 0.5) is 18.9 Å². The Morgan fingerprint density at radius 3 is 2.33 bits per heavy atom. The summed E-state index contributed by atoms with van der Waals surface area (Å²) in [6.07, 6.45) is -4.51. The van der Waals surface area contributed by atoms with Crippen molar-refractivity contribution in [3.05, 3.63) is 63.5 Å². The summed E-state index contributed by atoms with van der Waals surface area (Å²) in [5.74, 6) is -1.95. The van der Waals surface area contributed by atoms with Crippen molar-refractivity contribution >= 4 is 46.2 Å². The van der Waals surface area contributed by atoms with E-state index in [-0.39, 0.29) is 10.6 Å². The molecule has 6 nitrogen and oxygen atoms in total. The van der Waals surface area contributed by atoms with Crippen LogP contribution in [0.25, 0.3) is 0 Å². The standard InChI is InChI=1S/C16H12ClF3N4O2S/c17-9-3-5-10(6-4-9)22-13(16(18,19)20)11(8-21)14(25)23-24-15(26)12-2-1-7-27-12/h1-8H,21H2,(H,23,25)(H,24,26). The van der Waals surface area contributed by atoms with Gasteiger partial charge < -0.3 is 5.73 Å². The maximum Gasteiger partial charge on any atom is 0.434 e. The highest BCUT2D eigenvalue weighted by molar-refractivity contribution is 7.12. The normalized spacial score (nSPS) is 12.6. The minimum absolute atomic E-state index is 0.0819. The fraction of sp³-hybridized carbons (Fsp3) is 0.0625. The maximum atomic E-state index is 13.4. The van der Waals surface area contributed by atoms with Crippen LogP contribution in [0.2, 0.25) is 5.02 Å². The van der Waals surface area contributed by atoms with Crippen molar-refractivity contribution in [1.82, 2.24) is 10.9 Å². The Labute approximate surface area is 160 Å². The van der Waals surface area contributed by atoms with Gasteiger partial charge in [-0.1, -0.05) is 17.7 Å². The van der Waals surface area contributed by atoms with Crippen molar-refractivity contribution in [2.45, 2.75) is 6.18 Å². The molecule has 0 spiro atoms. The van der Waals surface area contributed by atoms with E-state index in [9.17, 15) is 22.8 Å². The molecule has 1 aromatic heterocycles. The molecule has 2 amide bonds. The second-order valence-electron chi connectivity index (χ2n) is 4.90. The van der Waals surface area contributed by atoms with Gasteiger partial charge in [-0.15, -0.1) is 11.3 Å². The van der Waals surface area contributed by atoms with Gasteiger partial charge in [0, 0.05) is 11.2 Å². The number of nitrogens with two attached hydrogens (primary N) is 1. The van der Waals surface area contributed by atoms with Crippen LogP contribution in [0.15, 0.2) is 58.5 Å². The second kappa shape index (κ2) is 8.69. The summed E-state index contributed by atoms with van der Waals surface area (Å²) in [6, 6.07) is 8.28. The van der Waals surface area contributed by atoms with Crippen LogP contribution in [0, 0.1) is 0 Å². The highest BCUT2D eigenvalue weighted by atomic mass is 35.5. The number of hydrogen-bond acceptors (Lipinski definition) is 5. The summed E-state index contributed by atoms with van der Waals surface area (Å²) in [5, 5.41) is 1.94. The van der Waals surface area contributed by atoms with E-state index in [1.54, 1.807) is 11.4 Å². The number of carbonyl (C=O) groups excluding carboxylic acids is 2. The number of rotatable bonds is 4. The van der Waals surface area contributed by atoms with Crippen LogP contribution in [0.3, 0.4) is 0 Å². The first-order chi connectivity index (χ1) is 12.7. The molecule has 0 unspecified atom stereocenters. The number of hydrazine groups is 1. The minimum Gasteiger partial charge on any atom is -0.404 e. The Hall–Kier alpha value is -2.85. The van der Waals surface area contributed by atoms with Gasteiger partial charge in [0.05, 0.1) is 16.1 Å². The van der Waals surface area contributed by atoms with Crippen molar-refractivity contribution in [2.75, 3.05) is 0 Å². The molecular formula is C16H12ClF3N4O2S. The molecule has 2 rings (SSSR count). The van der Waals surface area contributed by atoms with Gasteiger partial charge in [0.2, 0.25) is 0 Å². The first-order valence-electron chi connectivity index (χ1n) is 7.20. The van der Waals surface area contributed by atoms with Crippen LogP contribution < -0.4 is 16.6 Å². The van der Waals surface area contributed by atoms with E-state index in [1.165, 1.54) is 30.3 Å². The summed E-state index contributed by atoms with van der Waals surface area (Å²) in [6.45, 7) is 0. The average molecular weight is 417 g/mol. The Kier molecular flexibility index (Phi) is 6.59. The third-order valence-electron chi connectivity index (χ3n) is 3.04. The smallest absolute Gasteiger partial charge is 0.404 e. The highest BCUT2D eigenvalue weighted by Gasteiger charge is 2.40. The molecule has 0 aliphatic heterocycles. The lowest BCUT2D eigenvalue weighted by Crippen LogP contribution is -2.45. The number of nitrogens with one attached hydrogen (secondary N) is 2. The number of benzene rings is 1. The first kappa shape index (κ1) is 20.5. The zero-order valence-corrected chi connectivity index (χ0v) is 15.0. The predicted molar refractivity (Wildman–Crippen MR) is 96.8 cm³/mol. The van der Waals surface area contributed by atoms with Crippen molar-refractivity contribution in [3.63, 3.8) is 0 Å². The summed E-state index contributed by atoms with van der Waals surface area (Å²) < 4.78 is 40.2. The Bertz CT molecular complexity index is 878. The predicted octanol–water partition coefficient (Wildman–Crippen LogP) is 3.34. The number of alkyl halides is 3. The van der Waals surface area contributed by atoms with Crippen LogP contribution in [-0.2, 0) is 4.79 Å². The molecule has 0 saturated heterocycles. The van der Waals surface area contributed by atoms with E-state index in [0.29, 0.717) is 11.2 Å². The van der Waals surface area contributed by atoms with Crippen molar-refractivity contribution in [1.29, 1.82) is 0 Å². The van der Waals surface area contributed by atoms with Crippen LogP contribution in [0.1, 0.15) is 9.67 Å². The molecule has 27 heavy (non-hydrogen) atoms. The summed E-state index contributed by atoms with van der Waals surface area (Å²) in [4.78, 5) is 27.6. The Morgan fingerprint density at radius 2 is 1.81 bits per heavy atom. The summed E-state index contributed by atoms with van der Waals surface area (Å²) >= 11 is 6.78. The van der Waals surface area contributed by atoms with Crippen LogP contribution in [0.5, 0.6) is 0 Å². The molecule has 0 aliphatic carbocycles. The number of thiophene rings is 1. The maximum absolute atomic E-state index is 13.4. The lowest BCUT2D eigenvalue weighted by molar-refractivity contribution is -0.118. The number of carbonyl (C=O) groups is 2. The largest absolute Gasteiger partial charge is 0.434 e. The number of amides is 2. The number of aliphatic imine (C=N–C) groups is 1. The van der Waals surface area contributed by atoms with E-state index >= 15 is 0 Å². The lowest BCUT2D eigenvalue weighted by Gasteiger charge is -2.14. The molecule has 4 N–H and O–H groups in total. The molecular weight excluding hydrogens is 405 g/mol. The molecule has 1 heterocycles. The van der Waals surface area contributed by atoms with Gasteiger partial charge in [-0.3, -0.25) is 20.4 Å². The zero-order chi connectivity index (χ0) is 20.0. The first-order valence-corrected chi connectivity index (χ1v) is 8.46. The number of hydrogen-bond donors (Lipinski definition) is 3. The molecule has 1 aromatic carbocycles. The van der Waals surface area contributed by atoms with E-state index < -0.39 is 29.3 Å². The molecule has 0 saturated carbocycles. The molecule has 0 fully saturated rings. The van der Waals surface area contributed by atoms with Crippen molar-refractivity contribution in [2.24, 2.45) is 10.7 Å². The Morgan fingerprint density at radius 1 is 1.15 bits per heavy atom. The molecule has 0 aliphatic rings. The Balaban J connectivity index is 2.23. The molecule has 0 radical (unpaired) electrons. The topological polar surface area (TPSA) is 96.6 Å². The molecule has 142 valence electrons. The molecule has 2 aromatic rings. The highest BCUT2D eigenvalue weighted by Crippen LogP contribution is 2.26. The summed E-state index contributed by atoms with van der Waals surface area (Å²) in [7, 11) is 0. The summed E-state index contributed by atoms with van der Waals surface area (Å²) in [5.41, 5.74) is 6.56. The average Bonchev–Trinajstić information content (AvgIpc) is 3.15. The van der Waals surface area contributed by atoms with Gasteiger partial charge in [0.25, 0.3) is 11.8 Å². The third kappa shape index (κ3) is 5.56. The molecule has 0 atom stereocenters. The monoisotopic (exact) mass is 416 g/mol. The fourth-order valence-electron chi connectivity index (χ4n) is 1.83. The van der Waals surface area contributed by atoms with Crippen molar-refractivity contribution < 1.29 is 22.8 Å². The van der Waals surface area contributed by atoms with E-state index in [0.717, 1.165) is 11.3 Å². The fourth-order valence-corrected chi connectivity index (χ4v) is 2.58. The third-order valence-corrected chi connectivity index (χ3v) is 4.16. The van der Waals surface area contributed by atoms with Gasteiger partial charge in [0.1, 0.15) is 0 Å². The van der Waals surface area contributed by atoms with Gasteiger partial charge in [-0.25, -0.2) is 4.99 Å². The van der Waals surface area contributed by atoms with Crippen molar-refractivity contribution in [3.8, 4) is 0 Å². The zero-order valence-electron chi connectivity index (χ0n) is 13.4. The lowest BCUT2D eigenvalue weighted by atomic mass is 10.1. The quantitative estimate of drug-likeness (QED) is 0.405. The van der Waals surface area contributed by atoms with Gasteiger partial charge in [0.15, 0.2) is 5.71 Å². The molecule has 11 heteroatoms. The van der Waals surface area contributed by atoms with Crippen LogP contribution in [-0.4, -0.2) is 23.7 Å². The second-order valence-corrected chi connectivity index (χ2v) is 6.28. The number of nitrogens with zero attached hydrogens (tertiary/aromatic N) is 1. The van der Waals surface area contributed by atoms with Gasteiger partial charge in [-0.05, 0) is 35.7 Å².